The molecule has 1 heterocycles. The molecule has 1 aliphatic heterocycles. The summed E-state index contributed by atoms with van der Waals surface area (Å²) in [5, 5.41) is 13.7. The predicted octanol–water partition coefficient (Wildman–Crippen LogP) is 2.84. The molecule has 0 bridgehead atoms. The molecule has 1 amide bonds. The summed E-state index contributed by atoms with van der Waals surface area (Å²) in [4.78, 5) is 12.0. The summed E-state index contributed by atoms with van der Waals surface area (Å²) in [7, 11) is 0. The van der Waals surface area contributed by atoms with E-state index >= 15 is 0 Å². The van der Waals surface area contributed by atoms with Crippen LogP contribution in [-0.2, 0) is 9.53 Å². The first-order valence-electron chi connectivity index (χ1n) is 7.32. The summed E-state index contributed by atoms with van der Waals surface area (Å²) in [5.41, 5.74) is 0.697. The van der Waals surface area contributed by atoms with Gasteiger partial charge in [0.15, 0.2) is 0 Å². The van der Waals surface area contributed by atoms with E-state index in [-0.39, 0.29) is 30.6 Å². The zero-order chi connectivity index (χ0) is 15.4. The van der Waals surface area contributed by atoms with Crippen LogP contribution in [0.2, 0.25) is 5.02 Å². The van der Waals surface area contributed by atoms with Crippen LogP contribution in [0.3, 0.4) is 0 Å². The van der Waals surface area contributed by atoms with E-state index < -0.39 is 6.10 Å². The minimum atomic E-state index is -0.808. The van der Waals surface area contributed by atoms with Gasteiger partial charge in [-0.3, -0.25) is 4.79 Å². The third-order valence-corrected chi connectivity index (χ3v) is 3.95. The van der Waals surface area contributed by atoms with Crippen LogP contribution >= 0.6 is 11.6 Å². The van der Waals surface area contributed by atoms with Crippen LogP contribution in [0.15, 0.2) is 24.3 Å². The summed E-state index contributed by atoms with van der Waals surface area (Å²) < 4.78 is 5.65. The molecule has 0 aromatic heterocycles. The first kappa shape index (κ1) is 16.3. The molecule has 2 N–H and O–H groups in total. The molecule has 2 rings (SSSR count). The van der Waals surface area contributed by atoms with E-state index in [1.807, 2.05) is 13.8 Å². The van der Waals surface area contributed by atoms with Gasteiger partial charge in [0.05, 0.1) is 24.7 Å². The van der Waals surface area contributed by atoms with Crippen molar-refractivity contribution in [3.8, 4) is 0 Å². The van der Waals surface area contributed by atoms with E-state index in [1.165, 1.54) is 0 Å². The van der Waals surface area contributed by atoms with Crippen LogP contribution in [0.1, 0.15) is 44.8 Å². The number of aliphatic hydroxyl groups is 1. The van der Waals surface area contributed by atoms with Crippen molar-refractivity contribution in [2.75, 3.05) is 0 Å². The number of ether oxygens (including phenoxy) is 1. The highest BCUT2D eigenvalue weighted by Gasteiger charge is 2.26. The molecular weight excluding hydrogens is 290 g/mol. The first-order chi connectivity index (χ1) is 9.94. The highest BCUT2D eigenvalue weighted by atomic mass is 35.5. The second-order valence-corrected chi connectivity index (χ2v) is 6.20. The van der Waals surface area contributed by atoms with Crippen molar-refractivity contribution < 1.29 is 14.6 Å². The Kier molecular flexibility index (Phi) is 5.62. The number of carbonyl (C=O) groups is 1. The maximum absolute atomic E-state index is 12.0. The molecule has 21 heavy (non-hydrogen) atoms. The van der Waals surface area contributed by atoms with Gasteiger partial charge in [-0.25, -0.2) is 0 Å². The van der Waals surface area contributed by atoms with Gasteiger partial charge in [-0.1, -0.05) is 23.7 Å². The monoisotopic (exact) mass is 311 g/mol. The van der Waals surface area contributed by atoms with Crippen LogP contribution in [0.5, 0.6) is 0 Å². The topological polar surface area (TPSA) is 58.6 Å². The number of aliphatic hydroxyl groups excluding tert-OH is 1. The Bertz CT molecular complexity index is 467. The van der Waals surface area contributed by atoms with E-state index in [9.17, 15) is 9.90 Å². The van der Waals surface area contributed by atoms with E-state index in [4.69, 9.17) is 16.3 Å². The molecule has 0 spiro atoms. The number of carbonyl (C=O) groups excluding carboxylic acids is 1. The van der Waals surface area contributed by atoms with Crippen LogP contribution in [0.4, 0.5) is 0 Å². The lowest BCUT2D eigenvalue weighted by molar-refractivity contribution is -0.125. The van der Waals surface area contributed by atoms with Gasteiger partial charge in [0, 0.05) is 11.1 Å². The van der Waals surface area contributed by atoms with Gasteiger partial charge in [-0.2, -0.15) is 0 Å². The third kappa shape index (κ3) is 4.99. The summed E-state index contributed by atoms with van der Waals surface area (Å²) >= 11 is 5.81. The molecule has 5 heteroatoms. The lowest BCUT2D eigenvalue weighted by Crippen LogP contribution is -2.44. The molecule has 1 aliphatic rings. The van der Waals surface area contributed by atoms with Crippen molar-refractivity contribution in [1.82, 2.24) is 5.32 Å². The largest absolute Gasteiger partial charge is 0.388 e. The summed E-state index contributed by atoms with van der Waals surface area (Å²) in [6.07, 6.45) is 1.18. The zero-order valence-corrected chi connectivity index (χ0v) is 13.1. The fourth-order valence-corrected chi connectivity index (χ4v) is 2.91. The molecule has 1 fully saturated rings. The van der Waals surface area contributed by atoms with Crippen molar-refractivity contribution in [1.29, 1.82) is 0 Å². The molecule has 116 valence electrons. The molecule has 3 atom stereocenters. The predicted molar refractivity (Wildman–Crippen MR) is 82.2 cm³/mol. The first-order valence-corrected chi connectivity index (χ1v) is 7.70. The van der Waals surface area contributed by atoms with Gasteiger partial charge in [0.2, 0.25) is 5.91 Å². The fourth-order valence-electron chi connectivity index (χ4n) is 2.79. The van der Waals surface area contributed by atoms with Crippen molar-refractivity contribution in [2.45, 2.75) is 57.5 Å². The SMILES string of the molecule is CC1CC(NC(=O)CC(O)c2ccc(Cl)cc2)CC(C)O1. The Hall–Kier alpha value is -1.10. The van der Waals surface area contributed by atoms with Gasteiger partial charge in [-0.15, -0.1) is 0 Å². The van der Waals surface area contributed by atoms with E-state index in [1.54, 1.807) is 24.3 Å². The number of amides is 1. The number of hydrogen-bond donors (Lipinski definition) is 2. The van der Waals surface area contributed by atoms with Gasteiger partial charge < -0.3 is 15.2 Å². The summed E-state index contributed by atoms with van der Waals surface area (Å²) in [6, 6.07) is 7.01. The van der Waals surface area contributed by atoms with Gasteiger partial charge in [-0.05, 0) is 44.4 Å². The average molecular weight is 312 g/mol. The molecule has 1 saturated heterocycles. The molecule has 1 aromatic rings. The van der Waals surface area contributed by atoms with Crippen molar-refractivity contribution in [2.24, 2.45) is 0 Å². The normalized spacial score (nSPS) is 27.1. The molecule has 0 saturated carbocycles. The summed E-state index contributed by atoms with van der Waals surface area (Å²) in [6.45, 7) is 4.02. The highest BCUT2D eigenvalue weighted by molar-refractivity contribution is 6.30. The van der Waals surface area contributed by atoms with Crippen molar-refractivity contribution in [3.05, 3.63) is 34.9 Å². The molecule has 3 unspecified atom stereocenters. The standard InChI is InChI=1S/C16H22ClNO3/c1-10-7-14(8-11(2)21-10)18-16(20)9-15(19)12-3-5-13(17)6-4-12/h3-6,10-11,14-15,19H,7-9H2,1-2H3,(H,18,20). The number of benzene rings is 1. The number of nitrogens with one attached hydrogen (secondary N) is 1. The lowest BCUT2D eigenvalue weighted by atomic mass is 9.99. The molecule has 0 radical (unpaired) electrons. The minimum absolute atomic E-state index is 0.0573. The number of halogens is 1. The number of rotatable bonds is 4. The Balaban J connectivity index is 1.85. The van der Waals surface area contributed by atoms with E-state index in [2.05, 4.69) is 5.32 Å². The van der Waals surface area contributed by atoms with Crippen LogP contribution < -0.4 is 5.32 Å². The Morgan fingerprint density at radius 2 is 1.90 bits per heavy atom. The fraction of sp³-hybridized carbons (Fsp3) is 0.562. The average Bonchev–Trinajstić information content (AvgIpc) is 2.37. The van der Waals surface area contributed by atoms with Gasteiger partial charge >= 0.3 is 0 Å². The highest BCUT2D eigenvalue weighted by Crippen LogP contribution is 2.21. The van der Waals surface area contributed by atoms with Crippen molar-refractivity contribution in [3.63, 3.8) is 0 Å². The maximum atomic E-state index is 12.0. The van der Waals surface area contributed by atoms with Crippen LogP contribution in [0.25, 0.3) is 0 Å². The maximum Gasteiger partial charge on any atom is 0.223 e. The van der Waals surface area contributed by atoms with E-state index in [0.717, 1.165) is 12.8 Å². The second-order valence-electron chi connectivity index (χ2n) is 5.76. The summed E-state index contributed by atoms with van der Waals surface area (Å²) in [5.74, 6) is -0.135. The molecule has 4 nitrogen and oxygen atoms in total. The molecule has 0 aliphatic carbocycles. The quantitative estimate of drug-likeness (QED) is 0.899. The minimum Gasteiger partial charge on any atom is -0.388 e. The van der Waals surface area contributed by atoms with Gasteiger partial charge in [0.25, 0.3) is 0 Å². The van der Waals surface area contributed by atoms with E-state index in [0.29, 0.717) is 10.6 Å². The zero-order valence-electron chi connectivity index (χ0n) is 12.4. The Morgan fingerprint density at radius 1 is 1.33 bits per heavy atom. The Morgan fingerprint density at radius 3 is 2.48 bits per heavy atom. The van der Waals surface area contributed by atoms with Crippen LogP contribution in [-0.4, -0.2) is 29.3 Å². The molecular formula is C16H22ClNO3. The smallest absolute Gasteiger partial charge is 0.223 e. The number of hydrogen-bond acceptors (Lipinski definition) is 3. The lowest BCUT2D eigenvalue weighted by Gasteiger charge is -2.32. The van der Waals surface area contributed by atoms with Gasteiger partial charge in [0.1, 0.15) is 0 Å². The molecule has 1 aromatic carbocycles. The van der Waals surface area contributed by atoms with Crippen molar-refractivity contribution >= 4 is 17.5 Å². The third-order valence-electron chi connectivity index (χ3n) is 3.70. The van der Waals surface area contributed by atoms with Crippen LogP contribution in [0, 0.1) is 0 Å². The Labute approximate surface area is 130 Å². The second kappa shape index (κ2) is 7.25.